The Morgan fingerprint density at radius 2 is 2.00 bits per heavy atom. The molecule has 0 saturated heterocycles. The molecule has 0 radical (unpaired) electrons. The minimum absolute atomic E-state index is 0.213. The third kappa shape index (κ3) is 1.70. The van der Waals surface area contributed by atoms with Crippen LogP contribution in [0.2, 0.25) is 5.02 Å². The molecule has 2 aromatic rings. The summed E-state index contributed by atoms with van der Waals surface area (Å²) in [6, 6.07) is 8.75. The lowest BCUT2D eigenvalue weighted by Crippen LogP contribution is -2.21. The molecule has 1 aliphatic rings. The highest BCUT2D eigenvalue weighted by Crippen LogP contribution is 2.40. The molecule has 0 spiro atoms. The van der Waals surface area contributed by atoms with E-state index in [-0.39, 0.29) is 6.04 Å². The van der Waals surface area contributed by atoms with Crippen LogP contribution in [-0.2, 0) is 0 Å². The van der Waals surface area contributed by atoms with Gasteiger partial charge in [-0.05, 0) is 29.9 Å². The number of aromatic nitrogens is 2. The van der Waals surface area contributed by atoms with Gasteiger partial charge in [-0.2, -0.15) is 5.10 Å². The van der Waals surface area contributed by atoms with Crippen LogP contribution in [0.3, 0.4) is 0 Å². The maximum Gasteiger partial charge on any atom is 0.141 e. The molecule has 0 amide bonds. The minimum Gasteiger partial charge on any atom is -0.383 e. The van der Waals surface area contributed by atoms with E-state index in [0.29, 0.717) is 16.8 Å². The molecule has 1 aromatic carbocycles. The molecule has 2 unspecified atom stereocenters. The highest BCUT2D eigenvalue weighted by Gasteiger charge is 2.27. The smallest absolute Gasteiger partial charge is 0.141 e. The number of nitrogens with two attached hydrogens (primary N) is 1. The normalized spacial score (nSPS) is 22.8. The highest BCUT2D eigenvalue weighted by atomic mass is 35.5. The second kappa shape index (κ2) is 4.32. The summed E-state index contributed by atoms with van der Waals surface area (Å²) >= 11 is 6.00. The number of benzene rings is 1. The third-order valence-electron chi connectivity index (χ3n) is 3.84. The van der Waals surface area contributed by atoms with Gasteiger partial charge in [0.1, 0.15) is 10.8 Å². The van der Waals surface area contributed by atoms with Crippen molar-refractivity contribution in [3.8, 4) is 0 Å². The van der Waals surface area contributed by atoms with E-state index in [1.165, 1.54) is 11.1 Å². The zero-order valence-electron chi connectivity index (χ0n) is 10.3. The summed E-state index contributed by atoms with van der Waals surface area (Å²) < 4.78 is 1.85. The number of fused-ring (bicyclic) bond motifs is 1. The summed E-state index contributed by atoms with van der Waals surface area (Å²) in [6.07, 6.45) is 3.83. The van der Waals surface area contributed by atoms with Crippen molar-refractivity contribution in [2.45, 2.75) is 31.7 Å². The summed E-state index contributed by atoms with van der Waals surface area (Å²) in [7, 11) is 0. The Kier molecular flexibility index (Phi) is 2.78. The molecule has 0 aliphatic heterocycles. The number of halogens is 1. The van der Waals surface area contributed by atoms with E-state index >= 15 is 0 Å². The molecule has 3 rings (SSSR count). The fraction of sp³-hybridized carbons (Fsp3) is 0.357. The predicted octanol–water partition coefficient (Wildman–Crippen LogP) is 3.61. The lowest BCUT2D eigenvalue weighted by atomic mass is 9.81. The fourth-order valence-electron chi connectivity index (χ4n) is 2.84. The predicted molar refractivity (Wildman–Crippen MR) is 73.9 cm³/mol. The second-order valence-electron chi connectivity index (χ2n) is 4.95. The molecular formula is C14H16ClN3. The van der Waals surface area contributed by atoms with Crippen LogP contribution in [0.4, 0.5) is 5.82 Å². The number of rotatable bonds is 1. The first-order valence-corrected chi connectivity index (χ1v) is 6.63. The first-order valence-electron chi connectivity index (χ1n) is 6.25. The van der Waals surface area contributed by atoms with Gasteiger partial charge < -0.3 is 5.73 Å². The van der Waals surface area contributed by atoms with E-state index in [0.717, 1.165) is 12.8 Å². The molecule has 1 aliphatic carbocycles. The van der Waals surface area contributed by atoms with Crippen LogP contribution < -0.4 is 5.73 Å². The lowest BCUT2D eigenvalue weighted by molar-refractivity contribution is 0.428. The summed E-state index contributed by atoms with van der Waals surface area (Å²) in [4.78, 5) is 0. The van der Waals surface area contributed by atoms with Crippen molar-refractivity contribution in [2.75, 3.05) is 5.73 Å². The first-order chi connectivity index (χ1) is 8.68. The fourth-order valence-corrected chi connectivity index (χ4v) is 2.97. The van der Waals surface area contributed by atoms with Crippen LogP contribution in [0, 0.1) is 0 Å². The van der Waals surface area contributed by atoms with E-state index in [4.69, 9.17) is 17.3 Å². The summed E-state index contributed by atoms with van der Waals surface area (Å²) in [6.45, 7) is 2.27. The van der Waals surface area contributed by atoms with Crippen molar-refractivity contribution in [2.24, 2.45) is 0 Å². The quantitative estimate of drug-likeness (QED) is 0.852. The molecule has 1 aromatic heterocycles. The number of hydrogen-bond acceptors (Lipinski definition) is 2. The van der Waals surface area contributed by atoms with Crippen LogP contribution in [0.5, 0.6) is 0 Å². The van der Waals surface area contributed by atoms with Gasteiger partial charge in [0.05, 0.1) is 12.2 Å². The topological polar surface area (TPSA) is 43.8 Å². The van der Waals surface area contributed by atoms with Gasteiger partial charge in [-0.1, -0.05) is 42.8 Å². The van der Waals surface area contributed by atoms with Crippen LogP contribution in [-0.4, -0.2) is 9.78 Å². The van der Waals surface area contributed by atoms with Gasteiger partial charge in [-0.15, -0.1) is 0 Å². The maximum absolute atomic E-state index is 6.00. The van der Waals surface area contributed by atoms with Gasteiger partial charge in [0, 0.05) is 0 Å². The van der Waals surface area contributed by atoms with Gasteiger partial charge >= 0.3 is 0 Å². The van der Waals surface area contributed by atoms with Crippen molar-refractivity contribution >= 4 is 17.4 Å². The largest absolute Gasteiger partial charge is 0.383 e. The highest BCUT2D eigenvalue weighted by molar-refractivity contribution is 6.32. The van der Waals surface area contributed by atoms with E-state index in [9.17, 15) is 0 Å². The zero-order chi connectivity index (χ0) is 12.7. The molecule has 0 saturated carbocycles. The van der Waals surface area contributed by atoms with Gasteiger partial charge in [0.15, 0.2) is 0 Å². The number of anilines is 1. The van der Waals surface area contributed by atoms with Crippen LogP contribution in [0.25, 0.3) is 0 Å². The Balaban J connectivity index is 2.10. The van der Waals surface area contributed by atoms with Gasteiger partial charge in [0.2, 0.25) is 0 Å². The molecule has 0 bridgehead atoms. The lowest BCUT2D eigenvalue weighted by Gasteiger charge is -2.30. The van der Waals surface area contributed by atoms with Crippen molar-refractivity contribution in [3.63, 3.8) is 0 Å². The van der Waals surface area contributed by atoms with E-state index in [2.05, 4.69) is 36.3 Å². The minimum atomic E-state index is 0.213. The molecule has 3 nitrogen and oxygen atoms in total. The Bertz CT molecular complexity index is 576. The molecule has 94 valence electrons. The van der Waals surface area contributed by atoms with Crippen molar-refractivity contribution in [1.29, 1.82) is 0 Å². The first kappa shape index (κ1) is 11.6. The van der Waals surface area contributed by atoms with Crippen LogP contribution in [0.15, 0.2) is 30.5 Å². The molecule has 18 heavy (non-hydrogen) atoms. The van der Waals surface area contributed by atoms with Crippen LogP contribution >= 0.6 is 11.6 Å². The van der Waals surface area contributed by atoms with Gasteiger partial charge in [0.25, 0.3) is 0 Å². The van der Waals surface area contributed by atoms with Crippen LogP contribution in [0.1, 0.15) is 42.9 Å². The van der Waals surface area contributed by atoms with Crippen molar-refractivity contribution < 1.29 is 0 Å². The average molecular weight is 262 g/mol. The monoisotopic (exact) mass is 261 g/mol. The Morgan fingerprint density at radius 3 is 2.67 bits per heavy atom. The van der Waals surface area contributed by atoms with E-state index in [1.807, 2.05) is 4.68 Å². The van der Waals surface area contributed by atoms with Gasteiger partial charge in [-0.25, -0.2) is 4.68 Å². The van der Waals surface area contributed by atoms with Crippen molar-refractivity contribution in [1.82, 2.24) is 9.78 Å². The van der Waals surface area contributed by atoms with E-state index < -0.39 is 0 Å². The summed E-state index contributed by atoms with van der Waals surface area (Å²) in [5.74, 6) is 1.16. The molecule has 4 heteroatoms. The molecule has 1 heterocycles. The number of nitrogen functional groups attached to an aromatic ring is 1. The molecule has 2 atom stereocenters. The molecule has 2 N–H and O–H groups in total. The standard InChI is InChI=1S/C14H16ClN3/c1-9-6-7-13(11-5-3-2-4-10(9)11)18-14(16)12(15)8-17-18/h2-5,8-9,13H,6-7,16H2,1H3. The Morgan fingerprint density at radius 1 is 1.28 bits per heavy atom. The molecular weight excluding hydrogens is 246 g/mol. The third-order valence-corrected chi connectivity index (χ3v) is 4.13. The second-order valence-corrected chi connectivity index (χ2v) is 5.35. The number of nitrogens with zero attached hydrogens (tertiary/aromatic N) is 2. The summed E-state index contributed by atoms with van der Waals surface area (Å²) in [5.41, 5.74) is 8.72. The Labute approximate surface area is 112 Å². The maximum atomic E-state index is 6.00. The van der Waals surface area contributed by atoms with Gasteiger partial charge in [-0.3, -0.25) is 0 Å². The summed E-state index contributed by atoms with van der Waals surface area (Å²) in [5, 5.41) is 4.86. The van der Waals surface area contributed by atoms with Crippen molar-refractivity contribution in [3.05, 3.63) is 46.6 Å². The Hall–Kier alpha value is -1.48. The van der Waals surface area contributed by atoms with E-state index in [1.54, 1.807) is 6.20 Å². The SMILES string of the molecule is CC1CCC(n2ncc(Cl)c2N)c2ccccc21. The number of hydrogen-bond donors (Lipinski definition) is 1. The average Bonchev–Trinajstić information content (AvgIpc) is 2.71. The molecule has 0 fully saturated rings. The zero-order valence-corrected chi connectivity index (χ0v) is 11.1.